The van der Waals surface area contributed by atoms with Gasteiger partial charge in [-0.05, 0) is 23.8 Å². The van der Waals surface area contributed by atoms with Gasteiger partial charge < -0.3 is 5.32 Å². The van der Waals surface area contributed by atoms with E-state index in [1.54, 1.807) is 36.4 Å². The molecule has 1 heterocycles. The maximum atomic E-state index is 13.1. The molecule has 1 aromatic heterocycles. The lowest BCUT2D eigenvalue weighted by Crippen LogP contribution is -2.22. The van der Waals surface area contributed by atoms with Gasteiger partial charge in [0, 0.05) is 22.9 Å². The number of rotatable bonds is 3. The molecule has 2 N–H and O–H groups in total. The van der Waals surface area contributed by atoms with E-state index in [0.717, 1.165) is 5.56 Å². The van der Waals surface area contributed by atoms with Crippen LogP contribution in [0.3, 0.4) is 0 Å². The average Bonchev–Trinajstić information content (AvgIpc) is 3.22. The van der Waals surface area contributed by atoms with E-state index >= 15 is 0 Å². The zero-order valence-electron chi connectivity index (χ0n) is 14.1. The predicted octanol–water partition coefficient (Wildman–Crippen LogP) is 2.26. The third-order valence-electron chi connectivity index (χ3n) is 4.37. The Morgan fingerprint density at radius 3 is 2.52 bits per heavy atom. The highest BCUT2D eigenvalue weighted by Gasteiger charge is 2.32. The van der Waals surface area contributed by atoms with Crippen molar-refractivity contribution in [3.63, 3.8) is 0 Å². The number of ketones is 2. The number of fused-ring (bicyclic) bond motifs is 2. The summed E-state index contributed by atoms with van der Waals surface area (Å²) in [5, 5.41) is 25.5. The summed E-state index contributed by atoms with van der Waals surface area (Å²) >= 11 is 0. The molecule has 0 amide bonds. The summed E-state index contributed by atoms with van der Waals surface area (Å²) in [6.45, 7) is 1.81. The lowest BCUT2D eigenvalue weighted by atomic mass is 9.82. The maximum absolute atomic E-state index is 13.1. The van der Waals surface area contributed by atoms with Crippen LogP contribution in [0.15, 0.2) is 42.6 Å². The van der Waals surface area contributed by atoms with Crippen molar-refractivity contribution in [3.05, 3.63) is 76.2 Å². The van der Waals surface area contributed by atoms with Gasteiger partial charge in [0.05, 0.1) is 11.3 Å². The van der Waals surface area contributed by atoms with E-state index in [1.165, 1.54) is 6.20 Å². The summed E-state index contributed by atoms with van der Waals surface area (Å²) in [5.41, 5.74) is 2.75. The summed E-state index contributed by atoms with van der Waals surface area (Å²) in [6.07, 6.45) is 1.39. The summed E-state index contributed by atoms with van der Waals surface area (Å²) in [5.74, 6) is -0.316. The Hall–Kier alpha value is -4.12. The molecule has 1 aliphatic rings. The van der Waals surface area contributed by atoms with Gasteiger partial charge in [-0.25, -0.2) is 0 Å². The van der Waals surface area contributed by atoms with E-state index in [2.05, 4.69) is 25.9 Å². The molecule has 0 fully saturated rings. The molecule has 0 saturated heterocycles. The maximum Gasteiger partial charge on any atom is 0.216 e. The largest absolute Gasteiger partial charge is 0.359 e. The number of carbonyl (C=O) groups is 2. The van der Waals surface area contributed by atoms with Crippen LogP contribution in [0, 0.1) is 18.3 Å². The third-order valence-corrected chi connectivity index (χ3v) is 4.37. The molecular formula is C19H12N6O2. The molecule has 3 aromatic rings. The molecule has 27 heavy (non-hydrogen) atoms. The molecule has 8 heteroatoms. The first-order valence-electron chi connectivity index (χ1n) is 8.04. The Balaban J connectivity index is 1.83. The number of aromatic nitrogens is 4. The van der Waals surface area contributed by atoms with Crippen molar-refractivity contribution in [1.82, 2.24) is 20.6 Å². The van der Waals surface area contributed by atoms with Crippen molar-refractivity contribution in [2.45, 2.75) is 6.92 Å². The molecule has 8 nitrogen and oxygen atoms in total. The van der Waals surface area contributed by atoms with E-state index in [9.17, 15) is 14.9 Å². The van der Waals surface area contributed by atoms with Crippen LogP contribution >= 0.6 is 0 Å². The summed E-state index contributed by atoms with van der Waals surface area (Å²) in [4.78, 5) is 25.9. The van der Waals surface area contributed by atoms with Crippen molar-refractivity contribution < 1.29 is 9.59 Å². The lowest BCUT2D eigenvalue weighted by Gasteiger charge is -2.21. The van der Waals surface area contributed by atoms with E-state index in [0.29, 0.717) is 27.9 Å². The molecular weight excluding hydrogens is 344 g/mol. The Morgan fingerprint density at radius 1 is 1.11 bits per heavy atom. The van der Waals surface area contributed by atoms with Gasteiger partial charge in [0.15, 0.2) is 11.6 Å². The molecule has 0 aliphatic heterocycles. The molecule has 0 radical (unpaired) electrons. The van der Waals surface area contributed by atoms with Gasteiger partial charge in [-0.3, -0.25) is 9.59 Å². The SMILES string of the molecule is Cc1ccc2c(c1NC=C(C#N)c1nn[nH]n1)C(=O)c1ccccc1C2=O. The summed E-state index contributed by atoms with van der Waals surface area (Å²) < 4.78 is 0. The molecule has 0 spiro atoms. The summed E-state index contributed by atoms with van der Waals surface area (Å²) in [7, 11) is 0. The van der Waals surface area contributed by atoms with Gasteiger partial charge in [0.1, 0.15) is 11.6 Å². The van der Waals surface area contributed by atoms with Crippen LogP contribution in [0.2, 0.25) is 0 Å². The van der Waals surface area contributed by atoms with E-state index < -0.39 is 0 Å². The lowest BCUT2D eigenvalue weighted by molar-refractivity contribution is 0.0979. The second-order valence-electron chi connectivity index (χ2n) is 5.93. The van der Waals surface area contributed by atoms with Crippen molar-refractivity contribution in [2.75, 3.05) is 5.32 Å². The quantitative estimate of drug-likeness (QED) is 0.539. The second-order valence-corrected chi connectivity index (χ2v) is 5.93. The van der Waals surface area contributed by atoms with Gasteiger partial charge in [0.25, 0.3) is 0 Å². The minimum Gasteiger partial charge on any atom is -0.359 e. The number of aromatic amines is 1. The van der Waals surface area contributed by atoms with Crippen LogP contribution in [-0.4, -0.2) is 32.2 Å². The zero-order chi connectivity index (χ0) is 19.0. The number of nitrogens with zero attached hydrogens (tertiary/aromatic N) is 4. The molecule has 2 aromatic carbocycles. The van der Waals surface area contributed by atoms with Crippen LogP contribution in [-0.2, 0) is 0 Å². The monoisotopic (exact) mass is 356 g/mol. The van der Waals surface area contributed by atoms with Crippen molar-refractivity contribution in [2.24, 2.45) is 0 Å². The van der Waals surface area contributed by atoms with Crippen LogP contribution in [0.5, 0.6) is 0 Å². The van der Waals surface area contributed by atoms with Crippen LogP contribution in [0.25, 0.3) is 5.57 Å². The number of hydrogen-bond acceptors (Lipinski definition) is 7. The highest BCUT2D eigenvalue weighted by molar-refractivity contribution is 6.30. The number of tetrazole rings is 1. The Morgan fingerprint density at radius 2 is 1.85 bits per heavy atom. The van der Waals surface area contributed by atoms with Gasteiger partial charge >= 0.3 is 0 Å². The van der Waals surface area contributed by atoms with E-state index in [-0.39, 0.29) is 23.0 Å². The minimum absolute atomic E-state index is 0.125. The molecule has 0 atom stereocenters. The Labute approximate surface area is 153 Å². The number of aryl methyl sites for hydroxylation is 1. The number of anilines is 1. The first kappa shape index (κ1) is 16.4. The molecule has 0 saturated carbocycles. The molecule has 4 rings (SSSR count). The normalized spacial score (nSPS) is 13.0. The van der Waals surface area contributed by atoms with Crippen LogP contribution < -0.4 is 5.32 Å². The number of allylic oxidation sites excluding steroid dienone is 1. The number of carbonyl (C=O) groups excluding carboxylic acids is 2. The van der Waals surface area contributed by atoms with Gasteiger partial charge in [0.2, 0.25) is 5.82 Å². The minimum atomic E-state index is -0.238. The van der Waals surface area contributed by atoms with Gasteiger partial charge in [-0.15, -0.1) is 10.2 Å². The fourth-order valence-electron chi connectivity index (χ4n) is 3.04. The zero-order valence-corrected chi connectivity index (χ0v) is 14.1. The fourth-order valence-corrected chi connectivity index (χ4v) is 3.04. The molecule has 1 aliphatic carbocycles. The Kier molecular flexibility index (Phi) is 3.82. The number of nitriles is 1. The number of nitrogens with one attached hydrogen (secondary N) is 2. The predicted molar refractivity (Wildman–Crippen MR) is 95.9 cm³/mol. The van der Waals surface area contributed by atoms with Crippen LogP contribution in [0.1, 0.15) is 43.2 Å². The van der Waals surface area contributed by atoms with Crippen molar-refractivity contribution in [3.8, 4) is 6.07 Å². The highest BCUT2D eigenvalue weighted by atomic mass is 16.1. The highest BCUT2D eigenvalue weighted by Crippen LogP contribution is 2.34. The third kappa shape index (κ3) is 2.58. The average molecular weight is 356 g/mol. The van der Waals surface area contributed by atoms with E-state index in [1.807, 2.05) is 13.0 Å². The topological polar surface area (TPSA) is 124 Å². The number of hydrogen-bond donors (Lipinski definition) is 2. The van der Waals surface area contributed by atoms with Gasteiger partial charge in [-0.2, -0.15) is 10.5 Å². The molecule has 130 valence electrons. The molecule has 0 unspecified atom stereocenters. The first-order chi connectivity index (χ1) is 13.1. The van der Waals surface area contributed by atoms with Crippen LogP contribution in [0.4, 0.5) is 5.69 Å². The Bertz CT molecular complexity index is 1160. The van der Waals surface area contributed by atoms with Crippen molar-refractivity contribution in [1.29, 1.82) is 5.26 Å². The fraction of sp³-hybridized carbons (Fsp3) is 0.0526. The second kappa shape index (κ2) is 6.31. The first-order valence-corrected chi connectivity index (χ1v) is 8.04. The molecule has 0 bridgehead atoms. The smallest absolute Gasteiger partial charge is 0.216 e. The summed E-state index contributed by atoms with van der Waals surface area (Å²) in [6, 6.07) is 12.1. The van der Waals surface area contributed by atoms with Crippen molar-refractivity contribution >= 4 is 22.8 Å². The number of benzene rings is 2. The number of H-pyrrole nitrogens is 1. The van der Waals surface area contributed by atoms with E-state index in [4.69, 9.17) is 0 Å². The standard InChI is InChI=1S/C19H12N6O2/c1-10-6-7-14-15(18(27)13-5-3-2-4-12(13)17(14)26)16(10)21-9-11(8-20)19-22-24-25-23-19/h2-7,9,21H,1H3,(H,22,23,24,25). The van der Waals surface area contributed by atoms with Gasteiger partial charge in [-0.1, -0.05) is 30.3 Å².